The van der Waals surface area contributed by atoms with E-state index in [0.717, 1.165) is 41.1 Å². The van der Waals surface area contributed by atoms with Gasteiger partial charge < -0.3 is 24.8 Å². The van der Waals surface area contributed by atoms with E-state index in [4.69, 9.17) is 9.72 Å². The van der Waals surface area contributed by atoms with Crippen LogP contribution in [0.3, 0.4) is 0 Å². The lowest BCUT2D eigenvalue weighted by molar-refractivity contribution is -0.120. The number of nitrogens with zero attached hydrogens (tertiary/aromatic N) is 3. The van der Waals surface area contributed by atoms with Gasteiger partial charge in [-0.15, -0.1) is 0 Å². The molecule has 2 heterocycles. The maximum absolute atomic E-state index is 12.3. The predicted molar refractivity (Wildman–Crippen MR) is 129 cm³/mol. The first-order valence-electron chi connectivity index (χ1n) is 11.2. The molecule has 8 heteroatoms. The Bertz CT molecular complexity index is 1160. The lowest BCUT2D eigenvalue weighted by atomic mass is 10.1. The Balaban J connectivity index is 1.36. The second kappa shape index (κ2) is 9.13. The van der Waals surface area contributed by atoms with Crippen molar-refractivity contribution in [1.82, 2.24) is 20.2 Å². The van der Waals surface area contributed by atoms with Crippen LogP contribution in [0, 0.1) is 0 Å². The second-order valence-electron chi connectivity index (χ2n) is 9.39. The molecule has 3 aromatic rings. The van der Waals surface area contributed by atoms with E-state index in [0.29, 0.717) is 6.54 Å². The van der Waals surface area contributed by atoms with Crippen LogP contribution < -0.4 is 15.5 Å². The average Bonchev–Trinajstić information content (AvgIpc) is 3.36. The Kier molecular flexibility index (Phi) is 6.26. The van der Waals surface area contributed by atoms with Gasteiger partial charge in [-0.2, -0.15) is 0 Å². The number of nitrogens with one attached hydrogen (secondary N) is 2. The number of carbonyl (C=O) groups is 2. The van der Waals surface area contributed by atoms with E-state index in [1.165, 1.54) is 0 Å². The molecule has 2 aromatic carbocycles. The molecule has 1 fully saturated rings. The standard InChI is InChI=1S/C25H31N5O3/c1-25(2,3)33-24(32)26-15-22(31)27-18-12-13-30(16-18)19-9-7-8-17(14-19)23-28-20-10-5-6-11-21(20)29(23)4/h5-11,14,18H,12-13,15-16H2,1-4H3,(H,26,32)(H,27,31). The topological polar surface area (TPSA) is 88.5 Å². The predicted octanol–water partition coefficient (Wildman–Crippen LogP) is 3.46. The van der Waals surface area contributed by atoms with E-state index in [-0.39, 0.29) is 18.5 Å². The molecule has 0 aliphatic carbocycles. The van der Waals surface area contributed by atoms with E-state index >= 15 is 0 Å². The second-order valence-corrected chi connectivity index (χ2v) is 9.39. The van der Waals surface area contributed by atoms with Crippen LogP contribution in [-0.4, -0.2) is 52.8 Å². The molecule has 4 rings (SSSR count). The normalized spacial score (nSPS) is 16.1. The van der Waals surface area contributed by atoms with E-state index in [2.05, 4.69) is 44.4 Å². The van der Waals surface area contributed by atoms with Crippen LogP contribution >= 0.6 is 0 Å². The van der Waals surface area contributed by atoms with Gasteiger partial charge in [-0.3, -0.25) is 4.79 Å². The van der Waals surface area contributed by atoms with Gasteiger partial charge >= 0.3 is 6.09 Å². The minimum atomic E-state index is -0.595. The fraction of sp³-hybridized carbons (Fsp3) is 0.400. The quantitative estimate of drug-likeness (QED) is 0.623. The van der Waals surface area contributed by atoms with Crippen molar-refractivity contribution in [1.29, 1.82) is 0 Å². The Labute approximate surface area is 193 Å². The highest BCUT2D eigenvalue weighted by Crippen LogP contribution is 2.28. The molecule has 1 aromatic heterocycles. The largest absolute Gasteiger partial charge is 0.444 e. The van der Waals surface area contributed by atoms with Crippen molar-refractivity contribution in [2.24, 2.45) is 7.05 Å². The van der Waals surface area contributed by atoms with Crippen LogP contribution in [0.15, 0.2) is 48.5 Å². The summed E-state index contributed by atoms with van der Waals surface area (Å²) in [6.07, 6.45) is 0.249. The van der Waals surface area contributed by atoms with Gasteiger partial charge in [-0.1, -0.05) is 24.3 Å². The zero-order valence-electron chi connectivity index (χ0n) is 19.6. The first-order valence-corrected chi connectivity index (χ1v) is 11.2. The summed E-state index contributed by atoms with van der Waals surface area (Å²) in [5, 5.41) is 5.50. The fourth-order valence-electron chi connectivity index (χ4n) is 4.10. The lowest BCUT2D eigenvalue weighted by Gasteiger charge is -2.21. The number of alkyl carbamates (subject to hydrolysis) is 1. The number of aryl methyl sites for hydroxylation is 1. The highest BCUT2D eigenvalue weighted by atomic mass is 16.6. The number of amides is 2. The number of ether oxygens (including phenoxy) is 1. The number of hydrogen-bond acceptors (Lipinski definition) is 5. The van der Waals surface area contributed by atoms with Crippen molar-refractivity contribution in [3.05, 3.63) is 48.5 Å². The Morgan fingerprint density at radius 1 is 1.15 bits per heavy atom. The molecule has 8 nitrogen and oxygen atoms in total. The van der Waals surface area contributed by atoms with Gasteiger partial charge in [0, 0.05) is 37.4 Å². The fourth-order valence-corrected chi connectivity index (χ4v) is 4.10. The summed E-state index contributed by atoms with van der Waals surface area (Å²) in [6.45, 7) is 6.80. The molecule has 0 radical (unpaired) electrons. The summed E-state index contributed by atoms with van der Waals surface area (Å²) < 4.78 is 7.27. The van der Waals surface area contributed by atoms with Crippen LogP contribution in [0.25, 0.3) is 22.4 Å². The van der Waals surface area contributed by atoms with E-state index in [1.807, 2.05) is 31.3 Å². The van der Waals surface area contributed by atoms with Crippen molar-refractivity contribution in [2.45, 2.75) is 38.8 Å². The van der Waals surface area contributed by atoms with Gasteiger partial charge in [0.15, 0.2) is 0 Å². The molecule has 1 unspecified atom stereocenters. The van der Waals surface area contributed by atoms with Crippen molar-refractivity contribution in [3.8, 4) is 11.4 Å². The molecule has 2 amide bonds. The molecule has 2 N–H and O–H groups in total. The number of carbonyl (C=O) groups excluding carboxylic acids is 2. The minimum Gasteiger partial charge on any atom is -0.444 e. The number of aromatic nitrogens is 2. The third-order valence-electron chi connectivity index (χ3n) is 5.60. The van der Waals surface area contributed by atoms with E-state index in [9.17, 15) is 9.59 Å². The Hall–Kier alpha value is -3.55. The van der Waals surface area contributed by atoms with Crippen LogP contribution in [0.2, 0.25) is 0 Å². The van der Waals surface area contributed by atoms with Crippen molar-refractivity contribution in [2.75, 3.05) is 24.5 Å². The zero-order chi connectivity index (χ0) is 23.6. The van der Waals surface area contributed by atoms with Gasteiger partial charge in [0.05, 0.1) is 11.0 Å². The summed E-state index contributed by atoms with van der Waals surface area (Å²) in [7, 11) is 2.03. The molecule has 0 bridgehead atoms. The van der Waals surface area contributed by atoms with Crippen molar-refractivity contribution >= 4 is 28.7 Å². The van der Waals surface area contributed by atoms with E-state index < -0.39 is 11.7 Å². The average molecular weight is 450 g/mol. The number of anilines is 1. The number of para-hydroxylation sites is 2. The number of rotatable bonds is 5. The third-order valence-corrected chi connectivity index (χ3v) is 5.60. The highest BCUT2D eigenvalue weighted by molar-refractivity contribution is 5.83. The molecule has 0 saturated carbocycles. The van der Waals surface area contributed by atoms with Gasteiger partial charge in [0.2, 0.25) is 5.91 Å². The SMILES string of the molecule is Cn1c(-c2cccc(N3CCC(NC(=O)CNC(=O)OC(C)(C)C)C3)c2)nc2ccccc21. The molecular formula is C25H31N5O3. The van der Waals surface area contributed by atoms with Gasteiger partial charge in [0.1, 0.15) is 18.0 Å². The summed E-state index contributed by atoms with van der Waals surface area (Å²) in [6, 6.07) is 16.5. The van der Waals surface area contributed by atoms with Crippen LogP contribution in [0.1, 0.15) is 27.2 Å². The maximum Gasteiger partial charge on any atom is 0.408 e. The molecule has 0 spiro atoms. The number of fused-ring (bicyclic) bond motifs is 1. The van der Waals surface area contributed by atoms with Gasteiger partial charge in [-0.25, -0.2) is 9.78 Å². The van der Waals surface area contributed by atoms with Crippen LogP contribution in [0.5, 0.6) is 0 Å². The molecular weight excluding hydrogens is 418 g/mol. The monoisotopic (exact) mass is 449 g/mol. The van der Waals surface area contributed by atoms with Crippen molar-refractivity contribution < 1.29 is 14.3 Å². The molecule has 174 valence electrons. The van der Waals surface area contributed by atoms with E-state index in [1.54, 1.807) is 20.8 Å². The molecule has 33 heavy (non-hydrogen) atoms. The Morgan fingerprint density at radius 3 is 2.70 bits per heavy atom. The number of hydrogen-bond donors (Lipinski definition) is 2. The lowest BCUT2D eigenvalue weighted by Crippen LogP contribution is -2.44. The summed E-state index contributed by atoms with van der Waals surface area (Å²) in [5.41, 5.74) is 3.64. The summed E-state index contributed by atoms with van der Waals surface area (Å²) in [5.74, 6) is 0.705. The van der Waals surface area contributed by atoms with Gasteiger partial charge in [-0.05, 0) is 51.5 Å². The van der Waals surface area contributed by atoms with Gasteiger partial charge in [0.25, 0.3) is 0 Å². The number of benzene rings is 2. The smallest absolute Gasteiger partial charge is 0.408 e. The highest BCUT2D eigenvalue weighted by Gasteiger charge is 2.25. The molecule has 1 aliphatic rings. The minimum absolute atomic E-state index is 0.0253. The molecule has 1 saturated heterocycles. The first kappa shape index (κ1) is 22.6. The summed E-state index contributed by atoms with van der Waals surface area (Å²) in [4.78, 5) is 31.1. The first-order chi connectivity index (χ1) is 15.7. The van der Waals surface area contributed by atoms with Crippen LogP contribution in [-0.2, 0) is 16.6 Å². The third kappa shape index (κ3) is 5.45. The maximum atomic E-state index is 12.3. The summed E-state index contributed by atoms with van der Waals surface area (Å²) >= 11 is 0. The molecule has 1 aliphatic heterocycles. The van der Waals surface area contributed by atoms with Crippen molar-refractivity contribution in [3.63, 3.8) is 0 Å². The molecule has 1 atom stereocenters. The zero-order valence-corrected chi connectivity index (χ0v) is 19.6. The number of imidazole rings is 1. The van der Waals surface area contributed by atoms with Crippen LogP contribution in [0.4, 0.5) is 10.5 Å². The Morgan fingerprint density at radius 2 is 1.94 bits per heavy atom.